The number of hydrogen-bond acceptors (Lipinski definition) is 2. The van der Waals surface area contributed by atoms with E-state index >= 15 is 0 Å². The minimum absolute atomic E-state index is 0.00844. The van der Waals surface area contributed by atoms with Crippen LogP contribution in [0.5, 0.6) is 5.75 Å². The molecular formula is C12H16BF4O2-. The Hall–Kier alpha value is -1.24. The Morgan fingerprint density at radius 1 is 1.11 bits per heavy atom. The van der Waals surface area contributed by atoms with Gasteiger partial charge in [0.15, 0.2) is 0 Å². The number of halogens is 4. The molecular weight excluding hydrogens is 263 g/mol. The Labute approximate surface area is 109 Å². The summed E-state index contributed by atoms with van der Waals surface area (Å²) < 4.78 is 61.1. The van der Waals surface area contributed by atoms with E-state index in [0.717, 1.165) is 25.0 Å². The fourth-order valence-corrected chi connectivity index (χ4v) is 1.47. The van der Waals surface area contributed by atoms with Gasteiger partial charge in [-0.3, -0.25) is 0 Å². The molecule has 0 aliphatic carbocycles. The van der Waals surface area contributed by atoms with Crippen molar-refractivity contribution in [3.05, 3.63) is 24.0 Å². The molecule has 0 aliphatic rings. The molecule has 0 atom stereocenters. The van der Waals surface area contributed by atoms with E-state index < -0.39 is 18.3 Å². The molecule has 1 aromatic rings. The predicted molar refractivity (Wildman–Crippen MR) is 66.3 cm³/mol. The maximum atomic E-state index is 12.8. The van der Waals surface area contributed by atoms with E-state index in [1.807, 2.05) is 6.92 Å². The summed E-state index contributed by atoms with van der Waals surface area (Å²) in [5.41, 5.74) is -1.05. The lowest BCUT2D eigenvalue weighted by Crippen LogP contribution is -2.36. The van der Waals surface area contributed by atoms with Crippen molar-refractivity contribution in [2.24, 2.45) is 0 Å². The number of rotatable bonds is 8. The van der Waals surface area contributed by atoms with Crippen molar-refractivity contribution in [3.63, 3.8) is 0 Å². The second-order valence-corrected chi connectivity index (χ2v) is 4.07. The number of benzene rings is 1. The molecule has 0 bridgehead atoms. The largest absolute Gasteiger partial charge is 0.513 e. The molecule has 0 N–H and O–H groups in total. The smallest absolute Gasteiger partial charge is 0.494 e. The van der Waals surface area contributed by atoms with Crippen LogP contribution in [-0.2, 0) is 4.74 Å². The van der Waals surface area contributed by atoms with Gasteiger partial charge in [-0.05, 0) is 24.6 Å². The maximum absolute atomic E-state index is 12.8. The van der Waals surface area contributed by atoms with Gasteiger partial charge in [-0.25, -0.2) is 4.39 Å². The predicted octanol–water partition coefficient (Wildman–Crippen LogP) is 3.08. The van der Waals surface area contributed by atoms with E-state index in [-0.39, 0.29) is 19.0 Å². The standard InChI is InChI=1S/C12H16BF4O2/c1-2-3-6-18-7-8-19-12-5-4-10(14)9-11(12)13(15,16)17/h4-5,9H,2-3,6-8H2,1H3/q-1. The minimum atomic E-state index is -5.29. The van der Waals surface area contributed by atoms with Gasteiger partial charge < -0.3 is 22.4 Å². The molecule has 0 unspecified atom stereocenters. The number of hydrogen-bond donors (Lipinski definition) is 0. The van der Waals surface area contributed by atoms with Crippen LogP contribution in [0.2, 0.25) is 0 Å². The highest BCUT2D eigenvalue weighted by atomic mass is 19.4. The molecule has 1 aromatic carbocycles. The highest BCUT2D eigenvalue weighted by Gasteiger charge is 2.29. The second-order valence-electron chi connectivity index (χ2n) is 4.07. The van der Waals surface area contributed by atoms with Crippen LogP contribution in [0.15, 0.2) is 18.2 Å². The third-order valence-corrected chi connectivity index (χ3v) is 2.45. The molecule has 108 valence electrons. The van der Waals surface area contributed by atoms with Crippen LogP contribution in [0.1, 0.15) is 19.8 Å². The number of unbranched alkanes of at least 4 members (excludes halogenated alkanes) is 1. The van der Waals surface area contributed by atoms with Gasteiger partial charge in [0.2, 0.25) is 0 Å². The summed E-state index contributed by atoms with van der Waals surface area (Å²) in [5.74, 6) is -1.28. The molecule has 0 heterocycles. The lowest BCUT2D eigenvalue weighted by atomic mass is 9.79. The van der Waals surface area contributed by atoms with Gasteiger partial charge in [-0.1, -0.05) is 18.8 Å². The average molecular weight is 279 g/mol. The fraction of sp³-hybridized carbons (Fsp3) is 0.500. The Morgan fingerprint density at radius 3 is 2.47 bits per heavy atom. The van der Waals surface area contributed by atoms with E-state index in [1.165, 1.54) is 0 Å². The molecule has 0 saturated carbocycles. The van der Waals surface area contributed by atoms with Crippen LogP contribution >= 0.6 is 0 Å². The molecule has 0 aromatic heterocycles. The monoisotopic (exact) mass is 279 g/mol. The third kappa shape index (κ3) is 5.51. The first-order valence-corrected chi connectivity index (χ1v) is 6.15. The average Bonchev–Trinajstić information content (AvgIpc) is 2.34. The first-order valence-electron chi connectivity index (χ1n) is 6.15. The molecule has 2 nitrogen and oxygen atoms in total. The molecule has 1 rings (SSSR count). The zero-order chi connectivity index (χ0) is 14.3. The van der Waals surface area contributed by atoms with Crippen molar-refractivity contribution < 1.29 is 26.8 Å². The molecule has 0 amide bonds. The summed E-state index contributed by atoms with van der Waals surface area (Å²) in [6, 6.07) is 2.39. The Morgan fingerprint density at radius 2 is 1.84 bits per heavy atom. The highest BCUT2D eigenvalue weighted by molar-refractivity contribution is 6.74. The van der Waals surface area contributed by atoms with Gasteiger partial charge in [0.05, 0.1) is 12.4 Å². The Balaban J connectivity index is 2.54. The SMILES string of the molecule is CCCCOCCOc1ccc(F)cc1[B-](F)(F)F. The van der Waals surface area contributed by atoms with E-state index in [0.29, 0.717) is 12.7 Å². The molecule has 0 saturated heterocycles. The molecule has 0 aliphatic heterocycles. The van der Waals surface area contributed by atoms with E-state index in [2.05, 4.69) is 0 Å². The summed E-state index contributed by atoms with van der Waals surface area (Å²) in [7, 11) is 0. The van der Waals surface area contributed by atoms with Crippen molar-refractivity contribution >= 4 is 12.4 Å². The van der Waals surface area contributed by atoms with Crippen LogP contribution in [0.25, 0.3) is 0 Å². The Kier molecular flexibility index (Phi) is 6.14. The maximum Gasteiger partial charge on any atom is 0.513 e. The quantitative estimate of drug-likeness (QED) is 0.413. The number of ether oxygens (including phenoxy) is 2. The van der Waals surface area contributed by atoms with Crippen LogP contribution in [0, 0.1) is 5.82 Å². The molecule has 0 spiro atoms. The summed E-state index contributed by atoms with van der Waals surface area (Å²) in [5, 5.41) is 0. The first kappa shape index (κ1) is 15.8. The van der Waals surface area contributed by atoms with Gasteiger partial charge in [-0.15, -0.1) is 0 Å². The first-order chi connectivity index (χ1) is 8.95. The van der Waals surface area contributed by atoms with E-state index in [1.54, 1.807) is 0 Å². The fourth-order valence-electron chi connectivity index (χ4n) is 1.47. The van der Waals surface area contributed by atoms with Crippen LogP contribution in [0.3, 0.4) is 0 Å². The second kappa shape index (κ2) is 7.38. The van der Waals surface area contributed by atoms with Gasteiger partial charge in [0.25, 0.3) is 0 Å². The summed E-state index contributed by atoms with van der Waals surface area (Å²) in [4.78, 5) is 0. The van der Waals surface area contributed by atoms with E-state index in [4.69, 9.17) is 9.47 Å². The topological polar surface area (TPSA) is 18.5 Å². The van der Waals surface area contributed by atoms with Crippen LogP contribution in [0.4, 0.5) is 17.3 Å². The van der Waals surface area contributed by atoms with Crippen LogP contribution in [-0.4, -0.2) is 26.8 Å². The summed E-state index contributed by atoms with van der Waals surface area (Å²) in [6.45, 7) is -2.51. The lowest BCUT2D eigenvalue weighted by molar-refractivity contribution is 0.0982. The third-order valence-electron chi connectivity index (χ3n) is 2.45. The minimum Gasteiger partial charge on any atom is -0.494 e. The van der Waals surface area contributed by atoms with Crippen molar-refractivity contribution in [1.82, 2.24) is 0 Å². The Bertz CT molecular complexity index is 396. The molecule has 7 heteroatoms. The molecule has 0 radical (unpaired) electrons. The van der Waals surface area contributed by atoms with E-state index in [9.17, 15) is 17.3 Å². The van der Waals surface area contributed by atoms with Crippen molar-refractivity contribution in [3.8, 4) is 5.75 Å². The molecule has 0 fully saturated rings. The zero-order valence-corrected chi connectivity index (χ0v) is 10.7. The summed E-state index contributed by atoms with van der Waals surface area (Å²) >= 11 is 0. The lowest BCUT2D eigenvalue weighted by Gasteiger charge is -2.19. The summed E-state index contributed by atoms with van der Waals surface area (Å²) in [6.07, 6.45) is 1.88. The van der Waals surface area contributed by atoms with Gasteiger partial charge in [-0.2, -0.15) is 0 Å². The normalized spacial score (nSPS) is 11.6. The van der Waals surface area contributed by atoms with Gasteiger partial charge >= 0.3 is 6.98 Å². The van der Waals surface area contributed by atoms with Crippen molar-refractivity contribution in [2.45, 2.75) is 19.8 Å². The van der Waals surface area contributed by atoms with Crippen molar-refractivity contribution in [1.29, 1.82) is 0 Å². The highest BCUT2D eigenvalue weighted by Crippen LogP contribution is 2.18. The molecule has 19 heavy (non-hydrogen) atoms. The van der Waals surface area contributed by atoms with Crippen molar-refractivity contribution in [2.75, 3.05) is 19.8 Å². The zero-order valence-electron chi connectivity index (χ0n) is 10.7. The van der Waals surface area contributed by atoms with Crippen LogP contribution < -0.4 is 10.2 Å². The van der Waals surface area contributed by atoms with Gasteiger partial charge in [0, 0.05) is 6.61 Å². The van der Waals surface area contributed by atoms with Gasteiger partial charge in [0.1, 0.15) is 12.4 Å².